The van der Waals surface area contributed by atoms with Crippen LogP contribution in [0.5, 0.6) is 0 Å². The molecule has 1 rings (SSSR count). The second-order valence-electron chi connectivity index (χ2n) is 3.09. The normalized spacial score (nSPS) is 19.5. The van der Waals surface area contributed by atoms with E-state index in [0.717, 1.165) is 18.9 Å². The van der Waals surface area contributed by atoms with Gasteiger partial charge in [-0.05, 0) is 0 Å². The van der Waals surface area contributed by atoms with Crippen LogP contribution in [-0.2, 0) is 14.4 Å². The van der Waals surface area contributed by atoms with Gasteiger partial charge < -0.3 is 20.6 Å². The highest BCUT2D eigenvalue weighted by atomic mass is 32.2. The van der Waals surface area contributed by atoms with Crippen molar-refractivity contribution in [2.75, 3.05) is 7.11 Å². The summed E-state index contributed by atoms with van der Waals surface area (Å²) in [6.45, 7) is 0. The van der Waals surface area contributed by atoms with Crippen molar-refractivity contribution in [3.63, 3.8) is 0 Å². The predicted octanol–water partition coefficient (Wildman–Crippen LogP) is 0.213. The van der Waals surface area contributed by atoms with Crippen LogP contribution >= 0.6 is 11.8 Å². The topological polar surface area (TPSA) is 100 Å². The number of hydrogen-bond acceptors (Lipinski definition) is 6. The van der Waals surface area contributed by atoms with Crippen LogP contribution in [0, 0.1) is 0 Å². The number of rotatable bonds is 4. The van der Waals surface area contributed by atoms with Crippen LogP contribution in [0.3, 0.4) is 0 Å². The molecular formula is C8H8F3N3O4S. The molecule has 0 saturated heterocycles. The fourth-order valence-electron chi connectivity index (χ4n) is 1.04. The highest BCUT2D eigenvalue weighted by Crippen LogP contribution is 2.22. The van der Waals surface area contributed by atoms with E-state index in [9.17, 15) is 22.8 Å². The molecular weight excluding hydrogens is 291 g/mol. The minimum absolute atomic E-state index is 0.0631. The molecule has 0 aromatic carbocycles. The van der Waals surface area contributed by atoms with E-state index >= 15 is 0 Å². The van der Waals surface area contributed by atoms with Crippen molar-refractivity contribution >= 4 is 29.4 Å². The van der Waals surface area contributed by atoms with Gasteiger partial charge in [-0.15, -0.1) is 0 Å². The summed E-state index contributed by atoms with van der Waals surface area (Å²) in [7, 11) is 1.12. The van der Waals surface area contributed by atoms with Crippen LogP contribution in [0.25, 0.3) is 0 Å². The van der Waals surface area contributed by atoms with E-state index in [1.54, 1.807) is 5.32 Å². The lowest BCUT2D eigenvalue weighted by atomic mass is 10.3. The van der Waals surface area contributed by atoms with Gasteiger partial charge >= 0.3 is 18.1 Å². The van der Waals surface area contributed by atoms with E-state index in [4.69, 9.17) is 5.11 Å². The van der Waals surface area contributed by atoms with Crippen molar-refractivity contribution in [2.45, 2.75) is 11.7 Å². The zero-order chi connectivity index (χ0) is 14.6. The van der Waals surface area contributed by atoms with Gasteiger partial charge in [-0.25, -0.2) is 4.79 Å². The summed E-state index contributed by atoms with van der Waals surface area (Å²) >= 11 is 0.762. The Hall–Kier alpha value is -1.91. The fourth-order valence-corrected chi connectivity index (χ4v) is 1.86. The third kappa shape index (κ3) is 4.05. The Morgan fingerprint density at radius 2 is 2.21 bits per heavy atom. The van der Waals surface area contributed by atoms with E-state index < -0.39 is 29.3 Å². The summed E-state index contributed by atoms with van der Waals surface area (Å²) in [6, 6.07) is 0. The third-order valence-corrected chi connectivity index (χ3v) is 2.65. The molecule has 0 aromatic heterocycles. The number of nitrogens with zero attached hydrogens (tertiary/aromatic N) is 1. The molecule has 0 fully saturated rings. The first-order valence-corrected chi connectivity index (χ1v) is 5.54. The Bertz CT molecular complexity index is 449. The number of halogens is 3. The molecule has 0 spiro atoms. The second-order valence-corrected chi connectivity index (χ2v) is 4.07. The lowest BCUT2D eigenvalue weighted by molar-refractivity contribution is -0.173. The number of carboxylic acid groups (broad SMARTS) is 1. The Morgan fingerprint density at radius 1 is 1.58 bits per heavy atom. The molecule has 0 aromatic rings. The zero-order valence-corrected chi connectivity index (χ0v) is 10.1. The largest absolute Gasteiger partial charge is 0.476 e. The summed E-state index contributed by atoms with van der Waals surface area (Å²) in [4.78, 5) is 25.8. The lowest BCUT2D eigenvalue weighted by Crippen LogP contribution is -2.47. The van der Waals surface area contributed by atoms with Crippen LogP contribution in [0.4, 0.5) is 13.2 Å². The van der Waals surface area contributed by atoms with Crippen LogP contribution in [-0.4, -0.2) is 41.5 Å². The molecule has 0 bridgehead atoms. The summed E-state index contributed by atoms with van der Waals surface area (Å²) in [5, 5.41) is 17.2. The first-order chi connectivity index (χ1) is 8.75. The van der Waals surface area contributed by atoms with Crippen LogP contribution in [0.15, 0.2) is 16.3 Å². The SMILES string of the molecule is CON=C(C(=O)O)C1=CSC(NC(=O)C(F)(F)F)N1. The van der Waals surface area contributed by atoms with Gasteiger partial charge in [-0.2, -0.15) is 13.2 Å². The molecule has 7 nitrogen and oxygen atoms in total. The number of nitrogens with one attached hydrogen (secondary N) is 2. The van der Waals surface area contributed by atoms with Crippen molar-refractivity contribution in [1.29, 1.82) is 0 Å². The highest BCUT2D eigenvalue weighted by Gasteiger charge is 2.40. The number of carboxylic acids is 1. The fraction of sp³-hybridized carbons (Fsp3) is 0.375. The van der Waals surface area contributed by atoms with Crippen molar-refractivity contribution in [1.82, 2.24) is 10.6 Å². The van der Waals surface area contributed by atoms with Gasteiger partial charge in [0.25, 0.3) is 0 Å². The van der Waals surface area contributed by atoms with E-state index in [-0.39, 0.29) is 5.70 Å². The monoisotopic (exact) mass is 299 g/mol. The Morgan fingerprint density at radius 3 is 2.68 bits per heavy atom. The smallest absolute Gasteiger partial charge is 0.471 e. The van der Waals surface area contributed by atoms with Crippen LogP contribution in [0.1, 0.15) is 0 Å². The molecule has 1 aliphatic rings. The third-order valence-electron chi connectivity index (χ3n) is 1.77. The lowest BCUT2D eigenvalue weighted by Gasteiger charge is -2.15. The molecule has 1 atom stereocenters. The van der Waals surface area contributed by atoms with Crippen molar-refractivity contribution < 1.29 is 32.7 Å². The summed E-state index contributed by atoms with van der Waals surface area (Å²) in [6.07, 6.45) is -5.01. The number of thioether (sulfide) groups is 1. The number of aliphatic carboxylic acids is 1. The van der Waals surface area contributed by atoms with E-state index in [1.807, 2.05) is 0 Å². The maximum Gasteiger partial charge on any atom is 0.471 e. The maximum atomic E-state index is 12.0. The quantitative estimate of drug-likeness (QED) is 0.507. The molecule has 0 radical (unpaired) electrons. The maximum absolute atomic E-state index is 12.0. The van der Waals surface area contributed by atoms with E-state index in [1.165, 1.54) is 5.41 Å². The number of oxime groups is 1. The first-order valence-electron chi connectivity index (χ1n) is 4.60. The number of carbonyl (C=O) groups excluding carboxylic acids is 1. The average molecular weight is 299 g/mol. The number of carbonyl (C=O) groups is 2. The molecule has 1 aliphatic heterocycles. The molecule has 1 amide bonds. The van der Waals surface area contributed by atoms with Gasteiger partial charge in [-0.3, -0.25) is 4.79 Å². The molecule has 1 unspecified atom stereocenters. The van der Waals surface area contributed by atoms with Gasteiger partial charge in [-0.1, -0.05) is 16.9 Å². The average Bonchev–Trinajstić information content (AvgIpc) is 2.72. The van der Waals surface area contributed by atoms with E-state index in [0.29, 0.717) is 0 Å². The van der Waals surface area contributed by atoms with Crippen LogP contribution in [0.2, 0.25) is 0 Å². The van der Waals surface area contributed by atoms with Crippen molar-refractivity contribution in [2.24, 2.45) is 5.16 Å². The predicted molar refractivity (Wildman–Crippen MR) is 58.9 cm³/mol. The van der Waals surface area contributed by atoms with E-state index in [2.05, 4.69) is 15.3 Å². The standard InChI is InChI=1S/C8H8F3N3O4S/c1-18-14-4(5(15)16)3-2-19-7(12-3)13-6(17)8(9,10)11/h2,7,12H,1H3,(H,13,17)(H,15,16). The summed E-state index contributed by atoms with van der Waals surface area (Å²) < 4.78 is 36.0. The molecule has 0 aliphatic carbocycles. The Labute approximate surface area is 108 Å². The van der Waals surface area contributed by atoms with Gasteiger partial charge in [0.15, 0.2) is 5.50 Å². The second kappa shape index (κ2) is 5.82. The van der Waals surface area contributed by atoms with Crippen molar-refractivity contribution in [3.05, 3.63) is 11.1 Å². The molecule has 3 N–H and O–H groups in total. The molecule has 19 heavy (non-hydrogen) atoms. The molecule has 1 heterocycles. The number of alkyl halides is 3. The van der Waals surface area contributed by atoms with Gasteiger partial charge in [0.05, 0.1) is 5.70 Å². The minimum atomic E-state index is -5.01. The molecule has 0 saturated carbocycles. The number of hydrogen-bond donors (Lipinski definition) is 3. The molecule has 11 heteroatoms. The van der Waals surface area contributed by atoms with Gasteiger partial charge in [0.1, 0.15) is 7.11 Å². The zero-order valence-electron chi connectivity index (χ0n) is 9.32. The summed E-state index contributed by atoms with van der Waals surface area (Å²) in [5.74, 6) is -3.56. The van der Waals surface area contributed by atoms with Crippen LogP contribution < -0.4 is 10.6 Å². The first kappa shape index (κ1) is 15.1. The van der Waals surface area contributed by atoms with Gasteiger partial charge in [0.2, 0.25) is 5.71 Å². The summed E-state index contributed by atoms with van der Waals surface area (Å²) in [5.41, 5.74) is -1.71. The number of amides is 1. The highest BCUT2D eigenvalue weighted by molar-refractivity contribution is 8.03. The minimum Gasteiger partial charge on any atom is -0.476 e. The Kier molecular flexibility index (Phi) is 4.64. The van der Waals surface area contributed by atoms with Gasteiger partial charge in [0, 0.05) is 5.41 Å². The molecule has 106 valence electrons. The van der Waals surface area contributed by atoms with Crippen molar-refractivity contribution in [3.8, 4) is 0 Å². The Balaban J connectivity index is 2.65.